The van der Waals surface area contributed by atoms with Crippen LogP contribution in [0.25, 0.3) is 0 Å². The van der Waals surface area contributed by atoms with Crippen LogP contribution in [0.5, 0.6) is 5.75 Å². The number of hydrogen-bond acceptors (Lipinski definition) is 3. The lowest BCUT2D eigenvalue weighted by atomic mass is 10.1. The highest BCUT2D eigenvalue weighted by atomic mass is 16.5. The lowest BCUT2D eigenvalue weighted by Gasteiger charge is -2.27. The summed E-state index contributed by atoms with van der Waals surface area (Å²) in [4.78, 5) is 7.08. The number of nitrogens with two attached hydrogens (primary N) is 1. The Hall–Kier alpha value is -2.53. The second-order valence-corrected chi connectivity index (χ2v) is 6.25. The fourth-order valence-electron chi connectivity index (χ4n) is 3.20. The summed E-state index contributed by atoms with van der Waals surface area (Å²) in [6, 6.07) is 18.4. The van der Waals surface area contributed by atoms with Crippen molar-refractivity contribution in [2.24, 2.45) is 10.7 Å². The van der Waals surface area contributed by atoms with E-state index in [1.165, 1.54) is 18.4 Å². The minimum atomic E-state index is 0.240. The van der Waals surface area contributed by atoms with Gasteiger partial charge in [-0.1, -0.05) is 30.3 Å². The number of rotatable bonds is 6. The summed E-state index contributed by atoms with van der Waals surface area (Å²) >= 11 is 0. The number of methoxy groups -OCH3 is 1. The molecule has 1 aliphatic heterocycles. The highest BCUT2D eigenvalue weighted by molar-refractivity contribution is 5.92. The van der Waals surface area contributed by atoms with Crippen LogP contribution in [0.3, 0.4) is 0 Å². The van der Waals surface area contributed by atoms with Crippen molar-refractivity contribution in [3.05, 3.63) is 60.2 Å². The van der Waals surface area contributed by atoms with Gasteiger partial charge in [0, 0.05) is 5.69 Å². The third kappa shape index (κ3) is 4.73. The highest BCUT2D eigenvalue weighted by Gasteiger charge is 2.23. The molecule has 0 amide bonds. The molecule has 5 heteroatoms. The maximum absolute atomic E-state index is 6.08. The minimum Gasteiger partial charge on any atom is -0.497 e. The van der Waals surface area contributed by atoms with E-state index < -0.39 is 0 Å². The molecule has 132 valence electrons. The quantitative estimate of drug-likeness (QED) is 0.627. The van der Waals surface area contributed by atoms with Gasteiger partial charge in [-0.15, -0.1) is 0 Å². The molecule has 1 heterocycles. The number of nitrogens with zero attached hydrogens (tertiary/aromatic N) is 2. The molecule has 1 atom stereocenters. The number of aliphatic imine (C=N–C) groups is 1. The summed E-state index contributed by atoms with van der Waals surface area (Å²) in [5, 5.41) is 3.15. The molecule has 3 rings (SSSR count). The molecule has 0 spiro atoms. The van der Waals surface area contributed by atoms with E-state index in [2.05, 4.69) is 27.3 Å². The first-order valence-corrected chi connectivity index (χ1v) is 8.76. The zero-order valence-corrected chi connectivity index (χ0v) is 14.7. The van der Waals surface area contributed by atoms with Gasteiger partial charge in [0.25, 0.3) is 0 Å². The first-order valence-electron chi connectivity index (χ1n) is 8.76. The number of ether oxygens (including phenoxy) is 1. The van der Waals surface area contributed by atoms with Crippen LogP contribution in [-0.4, -0.2) is 37.6 Å². The number of anilines is 1. The molecule has 2 aromatic rings. The van der Waals surface area contributed by atoms with Crippen molar-refractivity contribution in [3.8, 4) is 5.75 Å². The van der Waals surface area contributed by atoms with E-state index in [4.69, 9.17) is 10.5 Å². The molecule has 0 aliphatic carbocycles. The molecule has 0 aromatic heterocycles. The predicted octanol–water partition coefficient (Wildman–Crippen LogP) is 3.26. The van der Waals surface area contributed by atoms with Crippen LogP contribution in [0, 0.1) is 0 Å². The van der Waals surface area contributed by atoms with E-state index in [1.54, 1.807) is 7.11 Å². The number of likely N-dealkylation sites (tertiary alicyclic amines) is 1. The summed E-state index contributed by atoms with van der Waals surface area (Å²) < 4.78 is 5.27. The van der Waals surface area contributed by atoms with Gasteiger partial charge in [-0.25, -0.2) is 0 Å². The highest BCUT2D eigenvalue weighted by Crippen LogP contribution is 2.27. The van der Waals surface area contributed by atoms with Crippen molar-refractivity contribution in [3.63, 3.8) is 0 Å². The van der Waals surface area contributed by atoms with Gasteiger partial charge in [-0.2, -0.15) is 0 Å². The third-order valence-electron chi connectivity index (χ3n) is 4.56. The smallest absolute Gasteiger partial charge is 0.193 e. The molecule has 1 aliphatic rings. The van der Waals surface area contributed by atoms with E-state index in [1.807, 2.05) is 42.5 Å². The molecule has 25 heavy (non-hydrogen) atoms. The number of guanidine groups is 1. The van der Waals surface area contributed by atoms with Gasteiger partial charge in [0.2, 0.25) is 0 Å². The molecule has 0 saturated carbocycles. The zero-order chi connectivity index (χ0) is 17.5. The van der Waals surface area contributed by atoms with E-state index in [-0.39, 0.29) is 6.04 Å². The lowest BCUT2D eigenvalue weighted by Crippen LogP contribution is -2.30. The van der Waals surface area contributed by atoms with Gasteiger partial charge < -0.3 is 15.8 Å². The molecule has 5 nitrogen and oxygen atoms in total. The molecule has 1 unspecified atom stereocenters. The average molecular weight is 338 g/mol. The van der Waals surface area contributed by atoms with Gasteiger partial charge in [0.15, 0.2) is 5.96 Å². The van der Waals surface area contributed by atoms with Crippen molar-refractivity contribution in [1.29, 1.82) is 0 Å². The van der Waals surface area contributed by atoms with Crippen LogP contribution < -0.4 is 15.8 Å². The first-order chi connectivity index (χ1) is 12.3. The van der Waals surface area contributed by atoms with E-state index in [0.29, 0.717) is 12.5 Å². The van der Waals surface area contributed by atoms with Crippen LogP contribution in [0.2, 0.25) is 0 Å². The Morgan fingerprint density at radius 1 is 1.12 bits per heavy atom. The maximum Gasteiger partial charge on any atom is 0.193 e. The van der Waals surface area contributed by atoms with E-state index >= 15 is 0 Å². The van der Waals surface area contributed by atoms with Crippen LogP contribution in [0.15, 0.2) is 59.6 Å². The summed E-state index contributed by atoms with van der Waals surface area (Å²) in [5.74, 6) is 1.32. The minimum absolute atomic E-state index is 0.240. The summed E-state index contributed by atoms with van der Waals surface area (Å²) in [6.07, 6.45) is 2.49. The van der Waals surface area contributed by atoms with Crippen LogP contribution in [-0.2, 0) is 0 Å². The zero-order valence-electron chi connectivity index (χ0n) is 14.7. The monoisotopic (exact) mass is 338 g/mol. The molecule has 1 fully saturated rings. The second-order valence-electron chi connectivity index (χ2n) is 6.25. The van der Waals surface area contributed by atoms with E-state index in [9.17, 15) is 0 Å². The van der Waals surface area contributed by atoms with Crippen molar-refractivity contribution >= 4 is 11.6 Å². The topological polar surface area (TPSA) is 62.9 Å². The molecule has 1 saturated heterocycles. The van der Waals surface area contributed by atoms with E-state index in [0.717, 1.165) is 24.5 Å². The Labute approximate surface area is 149 Å². The number of para-hydroxylation sites is 1. The van der Waals surface area contributed by atoms with Crippen LogP contribution in [0.1, 0.15) is 24.4 Å². The fourth-order valence-corrected chi connectivity index (χ4v) is 3.20. The molecule has 3 N–H and O–H groups in total. The van der Waals surface area contributed by atoms with Gasteiger partial charge in [0.05, 0.1) is 19.7 Å². The summed E-state index contributed by atoms with van der Waals surface area (Å²) in [5.41, 5.74) is 8.28. The summed E-state index contributed by atoms with van der Waals surface area (Å²) in [6.45, 7) is 2.86. The number of benzene rings is 2. The molecule has 2 aromatic carbocycles. The predicted molar refractivity (Wildman–Crippen MR) is 103 cm³/mol. The Kier molecular flexibility index (Phi) is 5.90. The first kappa shape index (κ1) is 17.3. The van der Waals surface area contributed by atoms with Crippen molar-refractivity contribution in [2.45, 2.75) is 18.9 Å². The van der Waals surface area contributed by atoms with Crippen molar-refractivity contribution in [2.75, 3.05) is 32.1 Å². The average Bonchev–Trinajstić information content (AvgIpc) is 3.18. The Morgan fingerprint density at radius 3 is 2.44 bits per heavy atom. The number of hydrogen-bond donors (Lipinski definition) is 2. The Balaban J connectivity index is 1.71. The molecular weight excluding hydrogens is 312 g/mol. The SMILES string of the molecule is COc1ccc(C(CN=C(N)Nc2ccccc2)N2CCCC2)cc1. The summed E-state index contributed by atoms with van der Waals surface area (Å²) in [7, 11) is 1.69. The van der Waals surface area contributed by atoms with Gasteiger partial charge in [0.1, 0.15) is 5.75 Å². The van der Waals surface area contributed by atoms with Crippen LogP contribution >= 0.6 is 0 Å². The molecule has 0 bridgehead atoms. The van der Waals surface area contributed by atoms with Gasteiger partial charge in [-0.05, 0) is 55.8 Å². The largest absolute Gasteiger partial charge is 0.497 e. The molecular formula is C20H26N4O. The van der Waals surface area contributed by atoms with Crippen LogP contribution in [0.4, 0.5) is 5.69 Å². The third-order valence-corrected chi connectivity index (χ3v) is 4.56. The standard InChI is InChI=1S/C20H26N4O/c1-25-18-11-9-16(10-12-18)19(24-13-5-6-14-24)15-22-20(21)23-17-7-3-2-4-8-17/h2-4,7-12,19H,5-6,13-15H2,1H3,(H3,21,22,23). The number of nitrogens with one attached hydrogen (secondary N) is 1. The van der Waals surface area contributed by atoms with Crippen molar-refractivity contribution < 1.29 is 4.74 Å². The fraction of sp³-hybridized carbons (Fsp3) is 0.350. The van der Waals surface area contributed by atoms with Crippen molar-refractivity contribution in [1.82, 2.24) is 4.90 Å². The Bertz CT molecular complexity index is 679. The lowest BCUT2D eigenvalue weighted by molar-refractivity contribution is 0.251. The van der Waals surface area contributed by atoms with Gasteiger partial charge >= 0.3 is 0 Å². The second kappa shape index (κ2) is 8.53. The molecule has 0 radical (unpaired) electrons. The Morgan fingerprint density at radius 2 is 1.80 bits per heavy atom. The normalized spacial score (nSPS) is 16.6. The van der Waals surface area contributed by atoms with Gasteiger partial charge in [-0.3, -0.25) is 9.89 Å². The maximum atomic E-state index is 6.08.